The molecule has 61 heavy (non-hydrogen) atoms. The first kappa shape index (κ1) is 41.8. The minimum atomic E-state index is -0.00546. The summed E-state index contributed by atoms with van der Waals surface area (Å²) in [7, 11) is 0. The fourth-order valence-electron chi connectivity index (χ4n) is 8.61. The van der Waals surface area contributed by atoms with Gasteiger partial charge in [-0.2, -0.15) is 0 Å². The Bertz CT molecular complexity index is 2370. The lowest BCUT2D eigenvalue weighted by Gasteiger charge is -2.29. The molecule has 6 nitrogen and oxygen atoms in total. The van der Waals surface area contributed by atoms with Crippen LogP contribution in [0.1, 0.15) is 105 Å². The van der Waals surface area contributed by atoms with Gasteiger partial charge < -0.3 is 29.8 Å². The molecule has 0 spiro atoms. The predicted octanol–water partition coefficient (Wildman–Crippen LogP) is 14.1. The van der Waals surface area contributed by atoms with Gasteiger partial charge in [-0.3, -0.25) is 0 Å². The first-order valence-corrected chi connectivity index (χ1v) is 21.8. The van der Waals surface area contributed by atoms with Crippen LogP contribution in [0.5, 0.6) is 11.5 Å². The highest BCUT2D eigenvalue weighted by atomic mass is 16.3. The van der Waals surface area contributed by atoms with E-state index in [2.05, 4.69) is 212 Å². The van der Waals surface area contributed by atoms with E-state index in [1.807, 2.05) is 12.1 Å². The molecule has 2 N–H and O–H groups in total. The Hall–Kier alpha value is -5.88. The molecule has 2 aliphatic rings. The third-order valence-corrected chi connectivity index (χ3v) is 12.5. The molecule has 0 saturated heterocycles. The van der Waals surface area contributed by atoms with Gasteiger partial charge in [-0.1, -0.05) is 156 Å². The second kappa shape index (κ2) is 14.9. The maximum Gasteiger partial charge on any atom is 0.139 e. The number of nitrogens with zero attached hydrogens (tertiary/aromatic N) is 4. The molecule has 0 saturated carbocycles. The quantitative estimate of drug-likeness (QED) is 0.175. The van der Waals surface area contributed by atoms with Crippen LogP contribution in [0.3, 0.4) is 0 Å². The summed E-state index contributed by atoms with van der Waals surface area (Å²) in [5, 5.41) is 23.5. The predicted molar refractivity (Wildman–Crippen MR) is 259 cm³/mol. The Morgan fingerprint density at radius 1 is 0.361 bits per heavy atom. The first-order chi connectivity index (χ1) is 28.6. The molecule has 2 aliphatic heterocycles. The van der Waals surface area contributed by atoms with Gasteiger partial charge in [0.2, 0.25) is 0 Å². The number of fused-ring (bicyclic) bond motifs is 2. The molecule has 2 heterocycles. The monoisotopic (exact) mass is 813 g/mol. The van der Waals surface area contributed by atoms with E-state index < -0.39 is 0 Å². The largest absolute Gasteiger partial charge is 0.506 e. The lowest BCUT2D eigenvalue weighted by Crippen LogP contribution is -2.40. The highest BCUT2D eigenvalue weighted by Gasteiger charge is 2.34. The number of anilines is 6. The van der Waals surface area contributed by atoms with E-state index in [1.54, 1.807) is 0 Å². The summed E-state index contributed by atoms with van der Waals surface area (Å²) in [5.74, 6) is 0.507. The van der Waals surface area contributed by atoms with Crippen LogP contribution in [0, 0.1) is 0 Å². The molecular weight excluding hydrogens is 749 g/mol. The number of hydrogen-bond donors (Lipinski definition) is 2. The van der Waals surface area contributed by atoms with Crippen LogP contribution >= 0.6 is 0 Å². The third-order valence-electron chi connectivity index (χ3n) is 12.5. The number of hydrogen-bond acceptors (Lipinski definition) is 6. The van der Waals surface area contributed by atoms with Crippen LogP contribution in [0.25, 0.3) is 22.3 Å². The van der Waals surface area contributed by atoms with Gasteiger partial charge in [-0.15, -0.1) is 0 Å². The number of benzene rings is 6. The summed E-state index contributed by atoms with van der Waals surface area (Å²) in [4.78, 5) is 9.15. The molecule has 6 heteroatoms. The van der Waals surface area contributed by atoms with Gasteiger partial charge in [-0.05, 0) is 115 Å². The van der Waals surface area contributed by atoms with Gasteiger partial charge in [0.05, 0.1) is 54.1 Å². The fourth-order valence-corrected chi connectivity index (χ4v) is 8.61. The summed E-state index contributed by atoms with van der Waals surface area (Å²) in [6.07, 6.45) is 0. The van der Waals surface area contributed by atoms with Crippen LogP contribution in [-0.2, 0) is 21.7 Å². The Labute approximate surface area is 364 Å². The van der Waals surface area contributed by atoms with Crippen molar-refractivity contribution in [3.63, 3.8) is 0 Å². The molecule has 0 fully saturated rings. The van der Waals surface area contributed by atoms with Gasteiger partial charge in [0.1, 0.15) is 11.5 Å². The maximum absolute atomic E-state index is 11.8. The molecule has 316 valence electrons. The van der Waals surface area contributed by atoms with Gasteiger partial charge in [0.15, 0.2) is 0 Å². The Morgan fingerprint density at radius 2 is 0.672 bits per heavy atom. The highest BCUT2D eigenvalue weighted by Crippen LogP contribution is 2.48. The number of phenols is 2. The van der Waals surface area contributed by atoms with Crippen molar-refractivity contribution in [2.45, 2.75) is 105 Å². The second-order valence-electron chi connectivity index (χ2n) is 21.3. The summed E-state index contributed by atoms with van der Waals surface area (Å²) >= 11 is 0. The molecule has 0 unspecified atom stereocenters. The van der Waals surface area contributed by atoms with Crippen LogP contribution < -0.4 is 19.6 Å². The van der Waals surface area contributed by atoms with Crippen LogP contribution in [0.2, 0.25) is 0 Å². The van der Waals surface area contributed by atoms with Gasteiger partial charge in [0, 0.05) is 0 Å². The average Bonchev–Trinajstić information content (AvgIpc) is 3.74. The van der Waals surface area contributed by atoms with E-state index in [9.17, 15) is 10.2 Å². The third kappa shape index (κ3) is 8.17. The smallest absolute Gasteiger partial charge is 0.139 e. The van der Waals surface area contributed by atoms with Crippen LogP contribution in [0.4, 0.5) is 34.1 Å². The average molecular weight is 813 g/mol. The zero-order valence-electron chi connectivity index (χ0n) is 38.4. The van der Waals surface area contributed by atoms with E-state index in [0.29, 0.717) is 20.0 Å². The SMILES string of the molecule is CC(C)(C)c1cc(-c2ccc(N3CN(CN4CN(c5ccc(-c6cc(C(C)(C)C)cc(C(C)(C)C)c6)cc5O)c5ccccc54)c4ccccc43)c(O)c2)cc(C(C)(C)C)c1. The van der Waals surface area contributed by atoms with Crippen molar-refractivity contribution >= 4 is 34.1 Å². The van der Waals surface area contributed by atoms with Gasteiger partial charge in [-0.25, -0.2) is 0 Å². The van der Waals surface area contributed by atoms with Crippen molar-refractivity contribution in [1.82, 2.24) is 0 Å². The zero-order valence-corrected chi connectivity index (χ0v) is 38.4. The van der Waals surface area contributed by atoms with E-state index in [-0.39, 0.29) is 33.2 Å². The number of rotatable bonds is 6. The Morgan fingerprint density at radius 3 is 0.967 bits per heavy atom. The molecule has 0 radical (unpaired) electrons. The van der Waals surface area contributed by atoms with Crippen molar-refractivity contribution in [3.05, 3.63) is 144 Å². The minimum Gasteiger partial charge on any atom is -0.506 e. The molecule has 0 aromatic heterocycles. The Kier molecular flexibility index (Phi) is 10.2. The van der Waals surface area contributed by atoms with Crippen molar-refractivity contribution in [3.8, 4) is 33.8 Å². The molecule has 8 rings (SSSR count). The van der Waals surface area contributed by atoms with E-state index >= 15 is 0 Å². The van der Waals surface area contributed by atoms with Gasteiger partial charge in [0.25, 0.3) is 0 Å². The molecule has 6 aromatic rings. The second-order valence-corrected chi connectivity index (χ2v) is 21.3. The highest BCUT2D eigenvalue weighted by molar-refractivity contribution is 5.88. The summed E-state index contributed by atoms with van der Waals surface area (Å²) in [6, 6.07) is 42.9. The standard InChI is InChI=1S/C55H64N4O2/c1-52(2,3)40-25-38(26-41(31-40)53(4,5)6)36-21-23-48(50(60)29-36)58-34-56(44-17-13-15-19-46(44)58)33-57-35-59(47-20-16-14-18-45(47)57)49-24-22-37(30-51(49)61)39-27-42(54(7,8)9)32-43(28-39)55(10,11)12/h13-32,60-61H,33-35H2,1-12H3. The van der Waals surface area contributed by atoms with E-state index in [0.717, 1.165) is 56.4 Å². The van der Waals surface area contributed by atoms with Crippen molar-refractivity contribution in [2.75, 3.05) is 39.6 Å². The lowest BCUT2D eigenvalue weighted by molar-refractivity contribution is 0.475. The zero-order chi connectivity index (χ0) is 43.8. The molecule has 6 aromatic carbocycles. The van der Waals surface area contributed by atoms with Crippen molar-refractivity contribution in [2.24, 2.45) is 0 Å². The Balaban J connectivity index is 1.07. The number of aromatic hydroxyl groups is 2. The van der Waals surface area contributed by atoms with Crippen molar-refractivity contribution in [1.29, 1.82) is 0 Å². The maximum atomic E-state index is 11.8. The van der Waals surface area contributed by atoms with E-state index in [1.165, 1.54) is 22.3 Å². The van der Waals surface area contributed by atoms with E-state index in [4.69, 9.17) is 0 Å². The minimum absolute atomic E-state index is 0.00546. The molecule has 0 amide bonds. The summed E-state index contributed by atoms with van der Waals surface area (Å²) in [6.45, 7) is 28.8. The van der Waals surface area contributed by atoms with Gasteiger partial charge >= 0.3 is 0 Å². The summed E-state index contributed by atoms with van der Waals surface area (Å²) in [5.41, 5.74) is 15.2. The lowest BCUT2D eigenvalue weighted by atomic mass is 9.79. The summed E-state index contributed by atoms with van der Waals surface area (Å²) < 4.78 is 0. The van der Waals surface area contributed by atoms with Crippen LogP contribution in [-0.4, -0.2) is 30.2 Å². The molecule has 0 aliphatic carbocycles. The normalized spacial score (nSPS) is 14.5. The fraction of sp³-hybridized carbons (Fsp3) is 0.345. The molecule has 0 atom stereocenters. The molecule has 0 bridgehead atoms. The number of para-hydroxylation sites is 4. The first-order valence-electron chi connectivity index (χ1n) is 21.8. The topological polar surface area (TPSA) is 53.4 Å². The van der Waals surface area contributed by atoms with Crippen LogP contribution in [0.15, 0.2) is 121 Å². The molecular formula is C55H64N4O2. The van der Waals surface area contributed by atoms with Crippen molar-refractivity contribution < 1.29 is 10.2 Å². The number of phenolic OH excluding ortho intramolecular Hbond substituents is 2.